The Kier molecular flexibility index (Phi) is 5.90. The number of hydrogen-bond acceptors (Lipinski definition) is 3. The molecule has 0 atom stereocenters. The van der Waals surface area contributed by atoms with E-state index in [0.717, 1.165) is 56.4 Å². The van der Waals surface area contributed by atoms with E-state index in [0.29, 0.717) is 0 Å². The SMILES string of the molecule is Cc1cc(C)nc(-c2cccc(-c3cc(-c4ccc5ccccc5c4)nc(-c4ccc5ccccc5c4)c3)c2)n1. The van der Waals surface area contributed by atoms with Crippen molar-refractivity contribution < 1.29 is 0 Å². The summed E-state index contributed by atoms with van der Waals surface area (Å²) in [4.78, 5) is 14.6. The van der Waals surface area contributed by atoms with Crippen LogP contribution in [0.25, 0.3) is 66.6 Å². The van der Waals surface area contributed by atoms with Crippen molar-refractivity contribution in [1.82, 2.24) is 15.0 Å². The molecule has 0 aliphatic rings. The molecule has 7 rings (SSSR count). The quantitative estimate of drug-likeness (QED) is 0.235. The molecule has 0 saturated heterocycles. The zero-order valence-electron chi connectivity index (χ0n) is 22.5. The molecule has 0 aliphatic heterocycles. The molecule has 40 heavy (non-hydrogen) atoms. The number of hydrogen-bond donors (Lipinski definition) is 0. The first-order valence-electron chi connectivity index (χ1n) is 13.5. The number of rotatable bonds is 4. The average molecular weight is 514 g/mol. The van der Waals surface area contributed by atoms with Gasteiger partial charge in [-0.2, -0.15) is 0 Å². The van der Waals surface area contributed by atoms with E-state index < -0.39 is 0 Å². The van der Waals surface area contributed by atoms with Gasteiger partial charge in [0.15, 0.2) is 5.82 Å². The fraction of sp³-hybridized carbons (Fsp3) is 0.0541. The molecule has 2 heterocycles. The first kappa shape index (κ1) is 23.9. The lowest BCUT2D eigenvalue weighted by Crippen LogP contribution is -1.95. The number of pyridine rings is 1. The molecule has 0 saturated carbocycles. The van der Waals surface area contributed by atoms with Crippen molar-refractivity contribution in [3.8, 4) is 45.0 Å². The minimum Gasteiger partial charge on any atom is -0.248 e. The van der Waals surface area contributed by atoms with Crippen molar-refractivity contribution >= 4 is 21.5 Å². The van der Waals surface area contributed by atoms with Crippen molar-refractivity contribution in [3.05, 3.63) is 139 Å². The second-order valence-electron chi connectivity index (χ2n) is 10.3. The van der Waals surface area contributed by atoms with Crippen molar-refractivity contribution in [2.75, 3.05) is 0 Å². The standard InChI is InChI=1S/C37H27N3/c1-24-18-25(2)39-37(38-24)33-13-7-12-30(21-33)34-22-35(31-16-14-26-8-3-5-10-28(26)19-31)40-36(23-34)32-17-15-27-9-4-6-11-29(27)20-32/h3-23H,1-2H3. The highest BCUT2D eigenvalue weighted by Gasteiger charge is 2.12. The highest BCUT2D eigenvalue weighted by Crippen LogP contribution is 2.34. The number of aromatic nitrogens is 3. The summed E-state index contributed by atoms with van der Waals surface area (Å²) in [7, 11) is 0. The molecule has 3 nitrogen and oxygen atoms in total. The molecule has 7 aromatic rings. The smallest absolute Gasteiger partial charge is 0.159 e. The molecule has 0 aliphatic carbocycles. The molecule has 0 unspecified atom stereocenters. The molecule has 5 aromatic carbocycles. The van der Waals surface area contributed by atoms with Crippen LogP contribution in [0.2, 0.25) is 0 Å². The molecule has 0 amide bonds. The summed E-state index contributed by atoms with van der Waals surface area (Å²) in [6, 6.07) is 44.9. The Labute approximate surface area is 233 Å². The normalized spacial score (nSPS) is 11.2. The Bertz CT molecular complexity index is 1920. The summed E-state index contributed by atoms with van der Waals surface area (Å²) in [5.74, 6) is 0.748. The van der Waals surface area contributed by atoms with Crippen LogP contribution in [0.15, 0.2) is 127 Å². The maximum atomic E-state index is 5.19. The second-order valence-corrected chi connectivity index (χ2v) is 10.3. The number of benzene rings is 5. The third-order valence-electron chi connectivity index (χ3n) is 7.35. The van der Waals surface area contributed by atoms with Gasteiger partial charge in [0.25, 0.3) is 0 Å². The molecular formula is C37H27N3. The van der Waals surface area contributed by atoms with Gasteiger partial charge in [0.2, 0.25) is 0 Å². The number of nitrogens with zero attached hydrogens (tertiary/aromatic N) is 3. The monoisotopic (exact) mass is 513 g/mol. The second kappa shape index (κ2) is 9.87. The topological polar surface area (TPSA) is 38.7 Å². The minimum atomic E-state index is 0.748. The molecule has 0 radical (unpaired) electrons. The summed E-state index contributed by atoms with van der Waals surface area (Å²) in [5, 5.41) is 4.85. The lowest BCUT2D eigenvalue weighted by atomic mass is 9.97. The predicted molar refractivity (Wildman–Crippen MR) is 166 cm³/mol. The average Bonchev–Trinajstić information content (AvgIpc) is 3.00. The van der Waals surface area contributed by atoms with Crippen LogP contribution in [-0.2, 0) is 0 Å². The number of fused-ring (bicyclic) bond motifs is 2. The van der Waals surface area contributed by atoms with Crippen LogP contribution in [0.3, 0.4) is 0 Å². The van der Waals surface area contributed by atoms with Crippen molar-refractivity contribution in [1.29, 1.82) is 0 Å². The van der Waals surface area contributed by atoms with Crippen LogP contribution in [0.5, 0.6) is 0 Å². The molecule has 0 N–H and O–H groups in total. The van der Waals surface area contributed by atoms with Crippen LogP contribution < -0.4 is 0 Å². The van der Waals surface area contributed by atoms with Gasteiger partial charge < -0.3 is 0 Å². The Hall–Kier alpha value is -5.15. The van der Waals surface area contributed by atoms with Crippen LogP contribution in [0, 0.1) is 13.8 Å². The predicted octanol–water partition coefficient (Wildman–Crippen LogP) is 9.46. The number of aryl methyl sites for hydroxylation is 2. The van der Waals surface area contributed by atoms with Crippen molar-refractivity contribution in [2.45, 2.75) is 13.8 Å². The van der Waals surface area contributed by atoms with Gasteiger partial charge in [-0.05, 0) is 82.9 Å². The fourth-order valence-electron chi connectivity index (χ4n) is 5.38. The van der Waals surface area contributed by atoms with E-state index in [1.54, 1.807) is 0 Å². The summed E-state index contributed by atoms with van der Waals surface area (Å²) in [5.41, 5.74) is 9.22. The zero-order valence-corrected chi connectivity index (χ0v) is 22.5. The van der Waals surface area contributed by atoms with Crippen LogP contribution in [0.1, 0.15) is 11.4 Å². The Morgan fingerprint density at radius 3 is 1.45 bits per heavy atom. The maximum Gasteiger partial charge on any atom is 0.159 e. The molecular weight excluding hydrogens is 486 g/mol. The van der Waals surface area contributed by atoms with Crippen LogP contribution in [0.4, 0.5) is 0 Å². The van der Waals surface area contributed by atoms with E-state index in [-0.39, 0.29) is 0 Å². The van der Waals surface area contributed by atoms with Gasteiger partial charge in [-0.1, -0.05) is 91.0 Å². The van der Waals surface area contributed by atoms with Crippen molar-refractivity contribution in [3.63, 3.8) is 0 Å². The van der Waals surface area contributed by atoms with Gasteiger partial charge in [-0.3, -0.25) is 0 Å². The lowest BCUT2D eigenvalue weighted by Gasteiger charge is -2.12. The van der Waals surface area contributed by atoms with Gasteiger partial charge in [0.1, 0.15) is 0 Å². The highest BCUT2D eigenvalue weighted by atomic mass is 14.9. The molecule has 0 spiro atoms. The summed E-state index contributed by atoms with van der Waals surface area (Å²) >= 11 is 0. The molecule has 0 bridgehead atoms. The highest BCUT2D eigenvalue weighted by molar-refractivity contribution is 5.90. The Morgan fingerprint density at radius 2 is 0.875 bits per heavy atom. The third kappa shape index (κ3) is 4.63. The van der Waals surface area contributed by atoms with Crippen molar-refractivity contribution in [2.24, 2.45) is 0 Å². The summed E-state index contributed by atoms with van der Waals surface area (Å²) < 4.78 is 0. The molecule has 2 aromatic heterocycles. The van der Waals surface area contributed by atoms with E-state index in [1.165, 1.54) is 21.5 Å². The van der Waals surface area contributed by atoms with Gasteiger partial charge >= 0.3 is 0 Å². The van der Waals surface area contributed by atoms with E-state index in [9.17, 15) is 0 Å². The van der Waals surface area contributed by atoms with Crippen LogP contribution in [-0.4, -0.2) is 15.0 Å². The largest absolute Gasteiger partial charge is 0.248 e. The summed E-state index contributed by atoms with van der Waals surface area (Å²) in [6.45, 7) is 4.02. The Balaban J connectivity index is 1.41. The van der Waals surface area contributed by atoms with Gasteiger partial charge in [-0.25, -0.2) is 15.0 Å². The zero-order chi connectivity index (χ0) is 27.1. The Morgan fingerprint density at radius 1 is 0.350 bits per heavy atom. The molecule has 0 fully saturated rings. The van der Waals surface area contributed by atoms with E-state index in [1.807, 2.05) is 19.9 Å². The minimum absolute atomic E-state index is 0.748. The fourth-order valence-corrected chi connectivity index (χ4v) is 5.38. The lowest BCUT2D eigenvalue weighted by molar-refractivity contribution is 1.06. The van der Waals surface area contributed by atoms with E-state index in [2.05, 4.69) is 121 Å². The van der Waals surface area contributed by atoms with E-state index in [4.69, 9.17) is 15.0 Å². The van der Waals surface area contributed by atoms with Gasteiger partial charge in [-0.15, -0.1) is 0 Å². The first-order valence-corrected chi connectivity index (χ1v) is 13.5. The third-order valence-corrected chi connectivity index (χ3v) is 7.35. The van der Waals surface area contributed by atoms with Gasteiger partial charge in [0.05, 0.1) is 11.4 Å². The van der Waals surface area contributed by atoms with E-state index >= 15 is 0 Å². The van der Waals surface area contributed by atoms with Gasteiger partial charge in [0, 0.05) is 28.1 Å². The first-order chi connectivity index (χ1) is 19.6. The molecule has 190 valence electrons. The molecule has 3 heteroatoms. The van der Waals surface area contributed by atoms with Crippen LogP contribution >= 0.6 is 0 Å². The maximum absolute atomic E-state index is 5.19. The summed E-state index contributed by atoms with van der Waals surface area (Å²) in [6.07, 6.45) is 0.